The third kappa shape index (κ3) is 3.91. The normalized spacial score (nSPS) is 17.6. The third-order valence-corrected chi connectivity index (χ3v) is 12.9. The summed E-state index contributed by atoms with van der Waals surface area (Å²) < 4.78 is 0. The SMILES string of the molecule is CC(C)(C)[C@](C)([B]Cl)C[P+]([B]Cl)(C(C)(C)C)C(C)(C)C. The number of halogens is 2. The molecule has 0 aromatic carbocycles. The highest BCUT2D eigenvalue weighted by Crippen LogP contribution is 2.79. The molecule has 2 radical (unpaired) electrons. The standard InChI is InChI=1S/C15H32B2Cl2P/c1-12(2,3)15(10,16-18)11-20(17-19,13(4,5)6)14(7,8)9/h11H2,1-10H3/q+1/t15-/m1/s1. The highest BCUT2D eigenvalue weighted by atomic mass is 35.5. The van der Waals surface area contributed by atoms with Gasteiger partial charge in [0, 0.05) is 6.16 Å². The van der Waals surface area contributed by atoms with Crippen LogP contribution in [-0.2, 0) is 0 Å². The summed E-state index contributed by atoms with van der Waals surface area (Å²) in [5.74, 6) is 0. The molecule has 0 aliphatic carbocycles. The Bertz CT molecular complexity index is 312. The molecule has 0 aliphatic heterocycles. The van der Waals surface area contributed by atoms with Gasteiger partial charge in [-0.2, -0.15) is 0 Å². The van der Waals surface area contributed by atoms with E-state index in [0.29, 0.717) is 0 Å². The first-order valence-corrected chi connectivity index (χ1v) is 10.3. The summed E-state index contributed by atoms with van der Waals surface area (Å²) in [7, 11) is -1.55. The van der Waals surface area contributed by atoms with Crippen LogP contribution in [0.5, 0.6) is 0 Å². The fourth-order valence-electron chi connectivity index (χ4n) is 2.76. The van der Waals surface area contributed by atoms with Gasteiger partial charge in [-0.1, -0.05) is 27.7 Å². The van der Waals surface area contributed by atoms with Gasteiger partial charge in [0.25, 0.3) is 0 Å². The van der Waals surface area contributed by atoms with Crippen LogP contribution in [0, 0.1) is 5.41 Å². The second-order valence-electron chi connectivity index (χ2n) is 9.24. The molecule has 1 atom stereocenters. The molecule has 0 unspecified atom stereocenters. The Balaban J connectivity index is 5.96. The van der Waals surface area contributed by atoms with Crippen LogP contribution in [-0.4, -0.2) is 29.6 Å². The Labute approximate surface area is 139 Å². The van der Waals surface area contributed by atoms with Gasteiger partial charge in [-0.25, -0.2) is 11.5 Å². The highest BCUT2D eigenvalue weighted by Gasteiger charge is 2.61. The van der Waals surface area contributed by atoms with Gasteiger partial charge in [-0.05, 0) is 59.4 Å². The van der Waals surface area contributed by atoms with Crippen molar-refractivity contribution in [3.05, 3.63) is 0 Å². The summed E-state index contributed by atoms with van der Waals surface area (Å²) in [5, 5.41) is 0.285. The summed E-state index contributed by atoms with van der Waals surface area (Å²) in [6.45, 7) is 24.9. The van der Waals surface area contributed by atoms with Crippen LogP contribution >= 0.6 is 30.1 Å². The molecule has 0 N–H and O–H groups in total. The van der Waals surface area contributed by atoms with Gasteiger partial charge < -0.3 is 0 Å². The minimum absolute atomic E-state index is 0.0473. The molecule has 0 aromatic rings. The van der Waals surface area contributed by atoms with E-state index in [-0.39, 0.29) is 21.0 Å². The molecule has 0 spiro atoms. The Hall–Kier alpha value is 1.14. The second-order valence-corrected chi connectivity index (χ2v) is 15.0. The minimum atomic E-state index is -1.55. The van der Waals surface area contributed by atoms with Gasteiger partial charge >= 0.3 is 6.41 Å². The van der Waals surface area contributed by atoms with Crippen molar-refractivity contribution in [2.45, 2.75) is 84.9 Å². The lowest BCUT2D eigenvalue weighted by Crippen LogP contribution is -2.44. The maximum atomic E-state index is 6.47. The molecule has 0 bridgehead atoms. The molecule has 0 aromatic heterocycles. The molecule has 116 valence electrons. The first-order chi connectivity index (χ1) is 8.58. The van der Waals surface area contributed by atoms with Crippen molar-refractivity contribution < 1.29 is 0 Å². The van der Waals surface area contributed by atoms with E-state index in [0.717, 1.165) is 6.16 Å². The summed E-state index contributed by atoms with van der Waals surface area (Å²) in [5.41, 5.74) is 0.108. The fraction of sp³-hybridized carbons (Fsp3) is 1.00. The zero-order chi connectivity index (χ0) is 16.6. The zero-order valence-electron chi connectivity index (χ0n) is 15.1. The average Bonchev–Trinajstić information content (AvgIpc) is 2.20. The molecule has 0 rings (SSSR count). The summed E-state index contributed by atoms with van der Waals surface area (Å²) in [6.07, 6.45) is 3.06. The third-order valence-electron chi connectivity index (χ3n) is 5.09. The molecular weight excluding hydrogens is 304 g/mol. The highest BCUT2D eigenvalue weighted by molar-refractivity contribution is 8.07. The van der Waals surface area contributed by atoms with Crippen molar-refractivity contribution >= 4 is 43.2 Å². The lowest BCUT2D eigenvalue weighted by molar-refractivity contribution is 0.303. The molecule has 0 nitrogen and oxygen atoms in total. The minimum Gasteiger partial charge on any atom is -0.203 e. The smallest absolute Gasteiger partial charge is 0.203 e. The Kier molecular flexibility index (Phi) is 6.69. The van der Waals surface area contributed by atoms with E-state index in [9.17, 15) is 0 Å². The predicted octanol–water partition coefficient (Wildman–Crippen LogP) is 6.46. The fourth-order valence-corrected chi connectivity index (χ4v) is 10.5. The zero-order valence-corrected chi connectivity index (χ0v) is 17.5. The van der Waals surface area contributed by atoms with E-state index in [1.807, 2.05) is 13.1 Å². The maximum absolute atomic E-state index is 6.47. The number of rotatable bonds is 4. The van der Waals surface area contributed by atoms with Crippen LogP contribution in [0.4, 0.5) is 0 Å². The second kappa shape index (κ2) is 6.33. The lowest BCUT2D eigenvalue weighted by atomic mass is 9.56. The molecule has 0 heterocycles. The quantitative estimate of drug-likeness (QED) is 0.408. The van der Waals surface area contributed by atoms with Crippen LogP contribution in [0.15, 0.2) is 0 Å². The van der Waals surface area contributed by atoms with E-state index in [2.05, 4.69) is 69.2 Å². The maximum Gasteiger partial charge on any atom is 0.477 e. The van der Waals surface area contributed by atoms with Crippen LogP contribution in [0.2, 0.25) is 5.31 Å². The van der Waals surface area contributed by atoms with E-state index >= 15 is 0 Å². The van der Waals surface area contributed by atoms with Gasteiger partial charge in [0.05, 0.1) is 10.3 Å². The first kappa shape index (κ1) is 21.1. The largest absolute Gasteiger partial charge is 0.477 e. The van der Waals surface area contributed by atoms with Crippen LogP contribution in [0.25, 0.3) is 0 Å². The molecule has 5 heteroatoms. The van der Waals surface area contributed by atoms with E-state index in [1.165, 1.54) is 0 Å². The van der Waals surface area contributed by atoms with Crippen molar-refractivity contribution in [3.63, 3.8) is 0 Å². The summed E-state index contributed by atoms with van der Waals surface area (Å²) in [6, 6.07) is 0. The van der Waals surface area contributed by atoms with Crippen molar-refractivity contribution in [2.75, 3.05) is 6.16 Å². The first-order valence-electron chi connectivity index (χ1n) is 7.35. The molecule has 0 saturated heterocycles. The monoisotopic (exact) mass is 335 g/mol. The Morgan fingerprint density at radius 2 is 1.10 bits per heavy atom. The Morgan fingerprint density at radius 3 is 1.25 bits per heavy atom. The Morgan fingerprint density at radius 1 is 0.750 bits per heavy atom. The van der Waals surface area contributed by atoms with Crippen molar-refractivity contribution in [1.82, 2.24) is 0 Å². The lowest BCUT2D eigenvalue weighted by Gasteiger charge is -2.52. The van der Waals surface area contributed by atoms with Gasteiger partial charge in [-0.3, -0.25) is 0 Å². The van der Waals surface area contributed by atoms with Crippen LogP contribution in [0.1, 0.15) is 69.2 Å². The van der Waals surface area contributed by atoms with Crippen LogP contribution in [0.3, 0.4) is 0 Å². The van der Waals surface area contributed by atoms with Crippen molar-refractivity contribution in [2.24, 2.45) is 5.41 Å². The summed E-state index contributed by atoms with van der Waals surface area (Å²) >= 11 is 12.8. The van der Waals surface area contributed by atoms with E-state index in [4.69, 9.17) is 22.9 Å². The van der Waals surface area contributed by atoms with Gasteiger partial charge in [0.2, 0.25) is 6.69 Å². The van der Waals surface area contributed by atoms with Crippen molar-refractivity contribution in [3.8, 4) is 0 Å². The number of hydrogen-bond donors (Lipinski definition) is 0. The molecule has 20 heavy (non-hydrogen) atoms. The van der Waals surface area contributed by atoms with Crippen molar-refractivity contribution in [1.29, 1.82) is 0 Å². The van der Waals surface area contributed by atoms with E-state index < -0.39 is 7.14 Å². The number of hydrogen-bond acceptors (Lipinski definition) is 0. The van der Waals surface area contributed by atoms with Gasteiger partial charge in [0.15, 0.2) is 0 Å². The molecule has 0 amide bonds. The van der Waals surface area contributed by atoms with Gasteiger partial charge in [-0.15, -0.1) is 11.5 Å². The molecule has 0 fully saturated rings. The topological polar surface area (TPSA) is 0 Å². The van der Waals surface area contributed by atoms with Gasteiger partial charge in [0.1, 0.15) is 0 Å². The molecule has 0 saturated carbocycles. The molecule has 0 aliphatic rings. The molecular formula is C15H32B2Cl2P+. The van der Waals surface area contributed by atoms with E-state index in [1.54, 1.807) is 0 Å². The van der Waals surface area contributed by atoms with Crippen LogP contribution < -0.4 is 0 Å². The summed E-state index contributed by atoms with van der Waals surface area (Å²) in [4.78, 5) is 0. The average molecular weight is 336 g/mol. The predicted molar refractivity (Wildman–Crippen MR) is 102 cm³/mol.